The van der Waals surface area contributed by atoms with Gasteiger partial charge in [-0.05, 0) is 13.3 Å². The van der Waals surface area contributed by atoms with E-state index in [2.05, 4.69) is 9.97 Å². The van der Waals surface area contributed by atoms with Crippen molar-refractivity contribution in [2.45, 2.75) is 26.4 Å². The summed E-state index contributed by atoms with van der Waals surface area (Å²) in [5.74, 6) is 0.435. The first-order valence-corrected chi connectivity index (χ1v) is 4.78. The second kappa shape index (κ2) is 4.93. The minimum atomic E-state index is -0.615. The molecular weight excluding hydrogens is 196 g/mol. The number of rotatable bonds is 4. The first-order chi connectivity index (χ1) is 7.13. The summed E-state index contributed by atoms with van der Waals surface area (Å²) in [5.41, 5.74) is 1.30. The van der Waals surface area contributed by atoms with Gasteiger partial charge in [-0.3, -0.25) is 0 Å². The van der Waals surface area contributed by atoms with Crippen LogP contribution >= 0.6 is 0 Å². The maximum absolute atomic E-state index is 9.75. The quantitative estimate of drug-likeness (QED) is 0.813. The fourth-order valence-corrected chi connectivity index (χ4v) is 1.30. The molecule has 0 aliphatic rings. The van der Waals surface area contributed by atoms with Gasteiger partial charge in [-0.1, -0.05) is 6.92 Å². The molecule has 0 saturated heterocycles. The van der Waals surface area contributed by atoms with Crippen LogP contribution in [0.4, 0.5) is 0 Å². The second-order valence-electron chi connectivity index (χ2n) is 3.15. The summed E-state index contributed by atoms with van der Waals surface area (Å²) >= 11 is 0. The van der Waals surface area contributed by atoms with E-state index in [9.17, 15) is 5.11 Å². The Morgan fingerprint density at radius 1 is 1.27 bits per heavy atom. The van der Waals surface area contributed by atoms with Crippen LogP contribution in [0.15, 0.2) is 0 Å². The van der Waals surface area contributed by atoms with Crippen LogP contribution < -0.4 is 9.47 Å². The summed E-state index contributed by atoms with van der Waals surface area (Å²) in [5, 5.41) is 9.75. The molecule has 0 aliphatic carbocycles. The Hall–Kier alpha value is -1.36. The lowest BCUT2D eigenvalue weighted by molar-refractivity contribution is 0.165. The van der Waals surface area contributed by atoms with Crippen LogP contribution in [0.2, 0.25) is 0 Å². The van der Waals surface area contributed by atoms with Crippen LogP contribution in [-0.2, 0) is 0 Å². The van der Waals surface area contributed by atoms with Crippen molar-refractivity contribution >= 4 is 0 Å². The molecule has 0 aliphatic heterocycles. The molecule has 1 atom stereocenters. The number of hydrogen-bond donors (Lipinski definition) is 1. The fourth-order valence-electron chi connectivity index (χ4n) is 1.30. The Balaban J connectivity index is 3.23. The molecule has 1 aromatic rings. The average molecular weight is 212 g/mol. The van der Waals surface area contributed by atoms with Gasteiger partial charge >= 0.3 is 6.01 Å². The summed E-state index contributed by atoms with van der Waals surface area (Å²) in [6.07, 6.45) is -0.0275. The summed E-state index contributed by atoms with van der Waals surface area (Å²) in [6.45, 7) is 3.69. The Labute approximate surface area is 89.1 Å². The lowest BCUT2D eigenvalue weighted by Crippen LogP contribution is -2.07. The van der Waals surface area contributed by atoms with E-state index < -0.39 is 6.10 Å². The van der Waals surface area contributed by atoms with Crippen molar-refractivity contribution in [3.63, 3.8) is 0 Å². The maximum Gasteiger partial charge on any atom is 0.319 e. The minimum absolute atomic E-state index is 0.208. The van der Waals surface area contributed by atoms with Gasteiger partial charge in [-0.25, -0.2) is 0 Å². The molecule has 0 fully saturated rings. The number of aliphatic hydroxyl groups is 1. The van der Waals surface area contributed by atoms with Gasteiger partial charge in [-0.2, -0.15) is 9.97 Å². The molecule has 1 aromatic heterocycles. The van der Waals surface area contributed by atoms with Gasteiger partial charge in [0.2, 0.25) is 5.88 Å². The zero-order valence-corrected chi connectivity index (χ0v) is 9.44. The highest BCUT2D eigenvalue weighted by molar-refractivity contribution is 5.32. The Morgan fingerprint density at radius 3 is 2.40 bits per heavy atom. The van der Waals surface area contributed by atoms with Gasteiger partial charge in [0.05, 0.1) is 26.0 Å². The van der Waals surface area contributed by atoms with E-state index in [1.807, 2.05) is 13.8 Å². The lowest BCUT2D eigenvalue weighted by atomic mass is 10.1. The largest absolute Gasteiger partial charge is 0.481 e. The standard InChI is InChI=1S/C10H16N2O3/c1-5-7(13)8-6(2)9(14-3)12-10(11-8)15-4/h7,13H,5H2,1-4H3. The van der Waals surface area contributed by atoms with Gasteiger partial charge in [0, 0.05) is 5.56 Å². The third-order valence-electron chi connectivity index (χ3n) is 2.20. The van der Waals surface area contributed by atoms with Crippen molar-refractivity contribution in [3.8, 4) is 11.9 Å². The molecule has 5 nitrogen and oxygen atoms in total. The van der Waals surface area contributed by atoms with E-state index in [4.69, 9.17) is 9.47 Å². The normalized spacial score (nSPS) is 12.3. The van der Waals surface area contributed by atoms with Crippen molar-refractivity contribution in [3.05, 3.63) is 11.3 Å². The third kappa shape index (κ3) is 2.36. The van der Waals surface area contributed by atoms with Crippen molar-refractivity contribution in [1.29, 1.82) is 0 Å². The molecule has 84 valence electrons. The fraction of sp³-hybridized carbons (Fsp3) is 0.600. The molecule has 1 unspecified atom stereocenters. The van der Waals surface area contributed by atoms with Crippen molar-refractivity contribution in [1.82, 2.24) is 9.97 Å². The molecule has 0 bridgehead atoms. The van der Waals surface area contributed by atoms with E-state index in [1.54, 1.807) is 0 Å². The highest BCUT2D eigenvalue weighted by Gasteiger charge is 2.17. The van der Waals surface area contributed by atoms with Crippen LogP contribution in [0.25, 0.3) is 0 Å². The number of nitrogens with zero attached hydrogens (tertiary/aromatic N) is 2. The van der Waals surface area contributed by atoms with Gasteiger partial charge < -0.3 is 14.6 Å². The predicted molar refractivity (Wildman–Crippen MR) is 55.1 cm³/mol. The Bertz CT molecular complexity index is 342. The average Bonchev–Trinajstić information content (AvgIpc) is 2.28. The first kappa shape index (κ1) is 11.7. The number of methoxy groups -OCH3 is 2. The van der Waals surface area contributed by atoms with Gasteiger partial charge in [0.25, 0.3) is 0 Å². The van der Waals surface area contributed by atoms with Crippen LogP contribution in [0, 0.1) is 6.92 Å². The third-order valence-corrected chi connectivity index (χ3v) is 2.20. The van der Waals surface area contributed by atoms with Crippen LogP contribution in [0.5, 0.6) is 11.9 Å². The number of ether oxygens (including phenoxy) is 2. The van der Waals surface area contributed by atoms with E-state index in [0.29, 0.717) is 18.0 Å². The van der Waals surface area contributed by atoms with Crippen LogP contribution in [-0.4, -0.2) is 29.3 Å². The molecular formula is C10H16N2O3. The van der Waals surface area contributed by atoms with Gasteiger partial charge in [-0.15, -0.1) is 0 Å². The minimum Gasteiger partial charge on any atom is -0.481 e. The SMILES string of the molecule is CCC(O)c1nc(OC)nc(OC)c1C. The number of aromatic nitrogens is 2. The topological polar surface area (TPSA) is 64.5 Å². The summed E-state index contributed by atoms with van der Waals surface area (Å²) in [4.78, 5) is 8.13. The van der Waals surface area contributed by atoms with Crippen molar-refractivity contribution in [2.75, 3.05) is 14.2 Å². The van der Waals surface area contributed by atoms with E-state index in [0.717, 1.165) is 5.56 Å². The number of aliphatic hydroxyl groups excluding tert-OH is 1. The monoisotopic (exact) mass is 212 g/mol. The van der Waals surface area contributed by atoms with Crippen LogP contribution in [0.1, 0.15) is 30.7 Å². The zero-order valence-electron chi connectivity index (χ0n) is 9.44. The first-order valence-electron chi connectivity index (χ1n) is 4.78. The molecule has 1 heterocycles. The Kier molecular flexibility index (Phi) is 3.85. The second-order valence-corrected chi connectivity index (χ2v) is 3.15. The molecule has 1 rings (SSSR count). The van der Waals surface area contributed by atoms with E-state index >= 15 is 0 Å². The lowest BCUT2D eigenvalue weighted by Gasteiger charge is -2.13. The summed E-state index contributed by atoms with van der Waals surface area (Å²) in [7, 11) is 3.00. The highest BCUT2D eigenvalue weighted by Crippen LogP contribution is 2.26. The molecule has 0 saturated carbocycles. The summed E-state index contributed by atoms with van der Waals surface area (Å²) < 4.78 is 10.0. The maximum atomic E-state index is 9.75. The highest BCUT2D eigenvalue weighted by atomic mass is 16.5. The molecule has 0 aromatic carbocycles. The van der Waals surface area contributed by atoms with E-state index in [1.165, 1.54) is 14.2 Å². The molecule has 0 amide bonds. The molecule has 5 heteroatoms. The van der Waals surface area contributed by atoms with Gasteiger partial charge in [0.1, 0.15) is 0 Å². The van der Waals surface area contributed by atoms with Crippen molar-refractivity contribution < 1.29 is 14.6 Å². The molecule has 0 radical (unpaired) electrons. The molecule has 15 heavy (non-hydrogen) atoms. The zero-order chi connectivity index (χ0) is 11.4. The predicted octanol–water partition coefficient (Wildman–Crippen LogP) is 1.25. The smallest absolute Gasteiger partial charge is 0.319 e. The van der Waals surface area contributed by atoms with Crippen molar-refractivity contribution in [2.24, 2.45) is 0 Å². The van der Waals surface area contributed by atoms with E-state index in [-0.39, 0.29) is 6.01 Å². The number of hydrogen-bond acceptors (Lipinski definition) is 5. The summed E-state index contributed by atoms with van der Waals surface area (Å²) in [6, 6.07) is 0.208. The molecule has 0 spiro atoms. The van der Waals surface area contributed by atoms with Gasteiger partial charge in [0.15, 0.2) is 0 Å². The van der Waals surface area contributed by atoms with Crippen LogP contribution in [0.3, 0.4) is 0 Å². The molecule has 1 N–H and O–H groups in total. The Morgan fingerprint density at radius 2 is 1.93 bits per heavy atom.